The highest BCUT2D eigenvalue weighted by Gasteiger charge is 2.42. The van der Waals surface area contributed by atoms with Crippen LogP contribution < -0.4 is 10.4 Å². The van der Waals surface area contributed by atoms with Crippen LogP contribution in [0.1, 0.15) is 129 Å². The Balaban J connectivity index is 1.80. The van der Waals surface area contributed by atoms with Crippen molar-refractivity contribution in [2.75, 3.05) is 13.2 Å². The molecule has 0 amide bonds. The zero-order chi connectivity index (χ0) is 29.1. The molecule has 224 valence electrons. The molecule has 0 heterocycles. The molecule has 0 aromatic heterocycles. The van der Waals surface area contributed by atoms with Crippen molar-refractivity contribution in [1.82, 2.24) is 0 Å². The summed E-state index contributed by atoms with van der Waals surface area (Å²) >= 11 is 0. The first-order valence-corrected chi connectivity index (χ1v) is 18.3. The van der Waals surface area contributed by atoms with Crippen LogP contribution in [-0.4, -0.2) is 21.8 Å². The molecule has 0 N–H and O–H groups in total. The van der Waals surface area contributed by atoms with Crippen LogP contribution in [-0.2, 0) is 8.85 Å². The maximum atomic E-state index is 6.88. The average molecular weight is 573 g/mol. The van der Waals surface area contributed by atoms with Crippen molar-refractivity contribution >= 4 is 18.9 Å². The van der Waals surface area contributed by atoms with Crippen LogP contribution >= 0.6 is 0 Å². The molecule has 0 unspecified atom stereocenters. The van der Waals surface area contributed by atoms with Crippen LogP contribution in [0.2, 0.25) is 0 Å². The van der Waals surface area contributed by atoms with Crippen LogP contribution in [0.3, 0.4) is 0 Å². The van der Waals surface area contributed by atoms with Gasteiger partial charge in [0, 0.05) is 26.1 Å². The molecule has 2 rings (SSSR count). The van der Waals surface area contributed by atoms with Crippen molar-refractivity contribution in [3.8, 4) is 23.7 Å². The van der Waals surface area contributed by atoms with E-state index in [9.17, 15) is 0 Å². The van der Waals surface area contributed by atoms with E-state index in [-0.39, 0.29) is 0 Å². The van der Waals surface area contributed by atoms with Crippen LogP contribution in [0.15, 0.2) is 60.7 Å². The zero-order valence-corrected chi connectivity index (χ0v) is 27.2. The zero-order valence-electron chi connectivity index (χ0n) is 26.2. The SMILES string of the molecule is CC#CCCCCCCCCCCO[Si](OCCCCCCCCCCC#CC)(c1ccccc1)c1ccccc1. The van der Waals surface area contributed by atoms with Gasteiger partial charge in [-0.15, -0.1) is 23.7 Å². The fourth-order valence-electron chi connectivity index (χ4n) is 5.29. The molecule has 3 heteroatoms. The van der Waals surface area contributed by atoms with Gasteiger partial charge in [-0.05, 0) is 49.9 Å². The van der Waals surface area contributed by atoms with E-state index in [1.807, 2.05) is 13.8 Å². The smallest absolute Gasteiger partial charge is 0.388 e. The second-order valence-electron chi connectivity index (χ2n) is 11.1. The summed E-state index contributed by atoms with van der Waals surface area (Å²) in [5.74, 6) is 12.3. The summed E-state index contributed by atoms with van der Waals surface area (Å²) in [4.78, 5) is 0. The third kappa shape index (κ3) is 15.5. The van der Waals surface area contributed by atoms with E-state index in [1.165, 1.54) is 100 Å². The van der Waals surface area contributed by atoms with E-state index < -0.39 is 8.56 Å². The third-order valence-corrected chi connectivity index (χ3v) is 11.1. The molecule has 2 aromatic rings. The van der Waals surface area contributed by atoms with Gasteiger partial charge in [0.1, 0.15) is 0 Å². The topological polar surface area (TPSA) is 18.5 Å². The quantitative estimate of drug-likeness (QED) is 0.0709. The van der Waals surface area contributed by atoms with Crippen LogP contribution in [0.4, 0.5) is 0 Å². The monoisotopic (exact) mass is 572 g/mol. The largest absolute Gasteiger partial charge is 0.407 e. The van der Waals surface area contributed by atoms with Gasteiger partial charge in [0.2, 0.25) is 0 Å². The molecule has 0 saturated heterocycles. The standard InChI is InChI=1S/C38H56O2Si/c1-3-5-7-9-11-13-15-17-19-21-29-35-39-41(37-31-25-23-26-32-37,38-33-27-24-28-34-38)40-36-30-22-20-18-16-14-12-10-8-6-4-2/h23-28,31-34H,7-22,29-30,35-36H2,1-2H3. The van der Waals surface area contributed by atoms with Crippen molar-refractivity contribution in [1.29, 1.82) is 0 Å². The van der Waals surface area contributed by atoms with Crippen LogP contribution in [0, 0.1) is 23.7 Å². The molecule has 0 radical (unpaired) electrons. The highest BCUT2D eigenvalue weighted by Crippen LogP contribution is 2.15. The summed E-state index contributed by atoms with van der Waals surface area (Å²) in [5, 5.41) is 2.43. The predicted molar refractivity (Wildman–Crippen MR) is 180 cm³/mol. The molecule has 0 aliphatic heterocycles. The lowest BCUT2D eigenvalue weighted by Gasteiger charge is -2.31. The number of unbranched alkanes of at least 4 members (excludes halogenated alkanes) is 16. The maximum Gasteiger partial charge on any atom is 0.407 e. The fourth-order valence-corrected chi connectivity index (χ4v) is 8.50. The minimum atomic E-state index is -2.76. The summed E-state index contributed by atoms with van der Waals surface area (Å²) in [5.41, 5.74) is 0. The van der Waals surface area contributed by atoms with Gasteiger partial charge in [-0.2, -0.15) is 0 Å². The summed E-state index contributed by atoms with van der Waals surface area (Å²) in [6.07, 6.45) is 22.4. The molecular formula is C38H56O2Si. The lowest BCUT2D eigenvalue weighted by molar-refractivity contribution is 0.184. The number of rotatable bonds is 24. The summed E-state index contributed by atoms with van der Waals surface area (Å²) < 4.78 is 13.8. The summed E-state index contributed by atoms with van der Waals surface area (Å²) in [6.45, 7) is 5.38. The van der Waals surface area contributed by atoms with Crippen molar-refractivity contribution in [3.63, 3.8) is 0 Å². The molecule has 0 aliphatic rings. The summed E-state index contributed by atoms with van der Waals surface area (Å²) in [7, 11) is -2.76. The first kappa shape index (κ1) is 34.9. The second kappa shape index (κ2) is 24.3. The lowest BCUT2D eigenvalue weighted by Crippen LogP contribution is -2.63. The van der Waals surface area contributed by atoms with Gasteiger partial charge in [0.15, 0.2) is 0 Å². The number of hydrogen-bond acceptors (Lipinski definition) is 2. The lowest BCUT2D eigenvalue weighted by atomic mass is 10.1. The van der Waals surface area contributed by atoms with Gasteiger partial charge in [-0.1, -0.05) is 138 Å². The molecule has 0 spiro atoms. The van der Waals surface area contributed by atoms with Crippen molar-refractivity contribution < 1.29 is 8.85 Å². The van der Waals surface area contributed by atoms with E-state index in [2.05, 4.69) is 84.3 Å². The molecule has 0 atom stereocenters. The highest BCUT2D eigenvalue weighted by molar-refractivity contribution is 6.92. The van der Waals surface area contributed by atoms with Crippen LogP contribution in [0.25, 0.3) is 0 Å². The Kier molecular flexibility index (Phi) is 20.7. The normalized spacial score (nSPS) is 11.0. The predicted octanol–water partition coefficient (Wildman–Crippen LogP) is 9.34. The van der Waals surface area contributed by atoms with Gasteiger partial charge in [0.25, 0.3) is 0 Å². The number of hydrogen-bond donors (Lipinski definition) is 0. The molecular weight excluding hydrogens is 517 g/mol. The Labute approximate surface area is 254 Å². The second-order valence-corrected chi connectivity index (χ2v) is 14.0. The van der Waals surface area contributed by atoms with Crippen LogP contribution in [0.5, 0.6) is 0 Å². The molecule has 0 fully saturated rings. The Morgan fingerprint density at radius 1 is 0.439 bits per heavy atom. The maximum absolute atomic E-state index is 6.88. The van der Waals surface area contributed by atoms with E-state index in [0.29, 0.717) is 0 Å². The Hall–Kier alpha value is -2.30. The molecule has 2 nitrogen and oxygen atoms in total. The molecule has 0 aliphatic carbocycles. The molecule has 41 heavy (non-hydrogen) atoms. The van der Waals surface area contributed by atoms with Gasteiger partial charge < -0.3 is 8.85 Å². The molecule has 2 aromatic carbocycles. The average Bonchev–Trinajstić information content (AvgIpc) is 3.02. The van der Waals surface area contributed by atoms with Crippen molar-refractivity contribution in [2.45, 2.75) is 129 Å². The Morgan fingerprint density at radius 2 is 0.756 bits per heavy atom. The van der Waals surface area contributed by atoms with Crippen molar-refractivity contribution in [3.05, 3.63) is 60.7 Å². The summed E-state index contributed by atoms with van der Waals surface area (Å²) in [6, 6.07) is 21.5. The van der Waals surface area contributed by atoms with Crippen molar-refractivity contribution in [2.24, 2.45) is 0 Å². The third-order valence-electron chi connectivity index (χ3n) is 7.66. The fraction of sp³-hybridized carbons (Fsp3) is 0.579. The Morgan fingerprint density at radius 3 is 1.10 bits per heavy atom. The van der Waals surface area contributed by atoms with E-state index in [4.69, 9.17) is 8.85 Å². The minimum Gasteiger partial charge on any atom is -0.388 e. The van der Waals surface area contributed by atoms with Gasteiger partial charge >= 0.3 is 8.56 Å². The minimum absolute atomic E-state index is 0.759. The van der Waals surface area contributed by atoms with Gasteiger partial charge in [0.05, 0.1) is 0 Å². The molecule has 0 saturated carbocycles. The van der Waals surface area contributed by atoms with E-state index in [0.717, 1.165) is 38.9 Å². The first-order chi connectivity index (χ1) is 20.3. The van der Waals surface area contributed by atoms with Gasteiger partial charge in [-0.25, -0.2) is 0 Å². The van der Waals surface area contributed by atoms with Gasteiger partial charge in [-0.3, -0.25) is 0 Å². The first-order valence-electron chi connectivity index (χ1n) is 16.5. The Bertz CT molecular complexity index is 913. The van der Waals surface area contributed by atoms with E-state index in [1.54, 1.807) is 0 Å². The number of benzene rings is 2. The van der Waals surface area contributed by atoms with E-state index >= 15 is 0 Å². The highest BCUT2D eigenvalue weighted by atomic mass is 28.4. The molecule has 0 bridgehead atoms.